The number of amides is 4. The standard InChI is InChI=1S/C22H29N3O7/c1-13(2)19(24-20(30)16-7-6-8-17(27)14(16)3)21(31)25(9-4-5-10-25)22(32)23-15(12-26)11-18(28)29/h6-8,12-13,15,19H,4-5,9-11H2,1-3H3,(H3-,23,24,27,28,29,30,32)/p+1/t15-,19-/m0/s1. The van der Waals surface area contributed by atoms with E-state index >= 15 is 0 Å². The monoisotopic (exact) mass is 448 g/mol. The van der Waals surface area contributed by atoms with Gasteiger partial charge in [0.15, 0.2) is 0 Å². The Morgan fingerprint density at radius 2 is 1.75 bits per heavy atom. The van der Waals surface area contributed by atoms with Gasteiger partial charge in [0, 0.05) is 24.0 Å². The average molecular weight is 448 g/mol. The minimum atomic E-state index is -1.26. The van der Waals surface area contributed by atoms with Gasteiger partial charge in [-0.1, -0.05) is 19.9 Å². The van der Waals surface area contributed by atoms with Crippen LogP contribution in [0, 0.1) is 12.8 Å². The van der Waals surface area contributed by atoms with Crippen LogP contribution in [0.4, 0.5) is 4.79 Å². The van der Waals surface area contributed by atoms with Gasteiger partial charge in [0.25, 0.3) is 5.91 Å². The maximum absolute atomic E-state index is 13.6. The number of hydrogen-bond donors (Lipinski definition) is 4. The number of aldehydes is 1. The Labute approximate surface area is 186 Å². The van der Waals surface area contributed by atoms with Crippen molar-refractivity contribution in [3.8, 4) is 5.75 Å². The van der Waals surface area contributed by atoms with Gasteiger partial charge in [0.05, 0.1) is 19.5 Å². The molecule has 0 bridgehead atoms. The molecule has 1 aromatic carbocycles. The number of aromatic hydroxyl groups is 1. The third kappa shape index (κ3) is 5.31. The molecule has 1 heterocycles. The lowest BCUT2D eigenvalue weighted by molar-refractivity contribution is -0.761. The van der Waals surface area contributed by atoms with Crippen molar-refractivity contribution in [1.82, 2.24) is 10.6 Å². The summed E-state index contributed by atoms with van der Waals surface area (Å²) in [7, 11) is 0. The van der Waals surface area contributed by atoms with E-state index in [1.165, 1.54) is 18.2 Å². The van der Waals surface area contributed by atoms with Crippen molar-refractivity contribution in [2.24, 2.45) is 5.92 Å². The number of aliphatic carboxylic acids is 1. The largest absolute Gasteiger partial charge is 0.508 e. The summed E-state index contributed by atoms with van der Waals surface area (Å²) in [6, 6.07) is 1.48. The first-order valence-corrected chi connectivity index (χ1v) is 10.5. The van der Waals surface area contributed by atoms with Gasteiger partial charge < -0.3 is 20.3 Å². The summed E-state index contributed by atoms with van der Waals surface area (Å²) >= 11 is 0. The van der Waals surface area contributed by atoms with Gasteiger partial charge in [-0.2, -0.15) is 4.48 Å². The highest BCUT2D eigenvalue weighted by molar-refractivity contribution is 5.99. The van der Waals surface area contributed by atoms with Gasteiger partial charge in [-0.25, -0.2) is 9.59 Å². The van der Waals surface area contributed by atoms with E-state index in [-0.39, 0.29) is 30.3 Å². The highest BCUT2D eigenvalue weighted by atomic mass is 16.4. The predicted octanol–water partition coefficient (Wildman–Crippen LogP) is 1.34. The maximum atomic E-state index is 13.6. The van der Waals surface area contributed by atoms with Gasteiger partial charge in [0.1, 0.15) is 24.1 Å². The van der Waals surface area contributed by atoms with Crippen LogP contribution in [-0.4, -0.2) is 70.0 Å². The molecule has 1 aromatic rings. The van der Waals surface area contributed by atoms with Gasteiger partial charge in [-0.3, -0.25) is 14.9 Å². The molecule has 32 heavy (non-hydrogen) atoms. The number of urea groups is 1. The lowest BCUT2D eigenvalue weighted by Gasteiger charge is -2.33. The predicted molar refractivity (Wildman–Crippen MR) is 114 cm³/mol. The summed E-state index contributed by atoms with van der Waals surface area (Å²) in [6.07, 6.45) is 0.919. The van der Waals surface area contributed by atoms with Crippen molar-refractivity contribution in [1.29, 1.82) is 0 Å². The number of phenols is 1. The molecule has 10 nitrogen and oxygen atoms in total. The van der Waals surface area contributed by atoms with Crippen LogP contribution in [0.25, 0.3) is 0 Å². The number of rotatable bonds is 8. The number of carboxylic acid groups (broad SMARTS) is 1. The van der Waals surface area contributed by atoms with Crippen molar-refractivity contribution in [2.75, 3.05) is 13.1 Å². The first kappa shape index (κ1) is 25.0. The topological polar surface area (TPSA) is 150 Å². The Hall–Kier alpha value is -3.27. The van der Waals surface area contributed by atoms with Crippen molar-refractivity contribution < 1.29 is 38.7 Å². The summed E-state index contributed by atoms with van der Waals surface area (Å²) in [5, 5.41) is 23.9. The number of phenolic OH excluding ortho intramolecular Hbond substituents is 1. The minimum Gasteiger partial charge on any atom is -0.508 e. The Bertz CT molecular complexity index is 907. The van der Waals surface area contributed by atoms with E-state index in [4.69, 9.17) is 5.11 Å². The molecule has 1 aliphatic rings. The molecule has 1 aliphatic heterocycles. The quantitative estimate of drug-likeness (QED) is 0.346. The number of imide groups is 1. The molecule has 10 heteroatoms. The van der Waals surface area contributed by atoms with Gasteiger partial charge in [-0.15, -0.1) is 0 Å². The maximum Gasteiger partial charge on any atom is 0.424 e. The second-order valence-corrected chi connectivity index (χ2v) is 8.40. The Morgan fingerprint density at radius 3 is 2.28 bits per heavy atom. The second-order valence-electron chi connectivity index (χ2n) is 8.40. The number of benzene rings is 1. The Balaban J connectivity index is 2.31. The van der Waals surface area contributed by atoms with Crippen LogP contribution in [0.5, 0.6) is 5.75 Å². The molecule has 0 saturated carbocycles. The van der Waals surface area contributed by atoms with E-state index in [1.807, 2.05) is 0 Å². The number of carboxylic acids is 1. The molecule has 4 N–H and O–H groups in total. The minimum absolute atomic E-state index is 0.0502. The molecule has 0 aromatic heterocycles. The summed E-state index contributed by atoms with van der Waals surface area (Å²) in [6.45, 7) is 5.43. The third-order valence-electron chi connectivity index (χ3n) is 5.78. The van der Waals surface area contributed by atoms with Crippen molar-refractivity contribution in [2.45, 2.75) is 52.1 Å². The van der Waals surface area contributed by atoms with E-state index in [9.17, 15) is 29.1 Å². The molecule has 0 radical (unpaired) electrons. The second kappa shape index (κ2) is 10.4. The average Bonchev–Trinajstić information content (AvgIpc) is 3.23. The van der Waals surface area contributed by atoms with E-state index < -0.39 is 46.8 Å². The van der Waals surface area contributed by atoms with Crippen LogP contribution in [0.3, 0.4) is 0 Å². The zero-order valence-corrected chi connectivity index (χ0v) is 18.5. The lowest BCUT2D eigenvalue weighted by Crippen LogP contribution is -2.66. The number of quaternary nitrogens is 1. The fraction of sp³-hybridized carbons (Fsp3) is 0.500. The van der Waals surface area contributed by atoms with E-state index in [2.05, 4.69) is 10.6 Å². The SMILES string of the molecule is Cc1c(O)cccc1C(=O)N[C@H](C(=O)[N+]1(C(=O)N[C@H](C=O)CC(=O)O)CCCC1)C(C)C. The zero-order valence-electron chi connectivity index (χ0n) is 18.5. The van der Waals surface area contributed by atoms with Crippen LogP contribution < -0.4 is 10.6 Å². The molecule has 2 atom stereocenters. The van der Waals surface area contributed by atoms with Gasteiger partial charge in [0.2, 0.25) is 0 Å². The number of nitrogens with zero attached hydrogens (tertiary/aromatic N) is 1. The smallest absolute Gasteiger partial charge is 0.424 e. The van der Waals surface area contributed by atoms with Crippen molar-refractivity contribution >= 4 is 30.1 Å². The molecule has 2 rings (SSSR count). The first-order chi connectivity index (χ1) is 15.0. The molecule has 0 unspecified atom stereocenters. The molecule has 0 aliphatic carbocycles. The Morgan fingerprint density at radius 1 is 1.12 bits per heavy atom. The zero-order chi connectivity index (χ0) is 24.1. The van der Waals surface area contributed by atoms with Crippen LogP contribution in [0.15, 0.2) is 18.2 Å². The molecular formula is C22H30N3O7+. The number of carbonyl (C=O) groups excluding carboxylic acids is 4. The van der Waals surface area contributed by atoms with Crippen LogP contribution >= 0.6 is 0 Å². The summed E-state index contributed by atoms with van der Waals surface area (Å²) in [5.41, 5.74) is 0.577. The molecule has 4 amide bonds. The van der Waals surface area contributed by atoms with E-state index in [1.54, 1.807) is 20.8 Å². The lowest BCUT2D eigenvalue weighted by atomic mass is 10.00. The van der Waals surface area contributed by atoms with E-state index in [0.717, 1.165) is 0 Å². The summed E-state index contributed by atoms with van der Waals surface area (Å²) < 4.78 is -0.619. The van der Waals surface area contributed by atoms with Crippen LogP contribution in [0.2, 0.25) is 0 Å². The van der Waals surface area contributed by atoms with E-state index in [0.29, 0.717) is 24.7 Å². The van der Waals surface area contributed by atoms with Crippen LogP contribution in [-0.2, 0) is 14.4 Å². The number of nitrogens with one attached hydrogen (secondary N) is 2. The first-order valence-electron chi connectivity index (χ1n) is 10.5. The fourth-order valence-electron chi connectivity index (χ4n) is 3.87. The van der Waals surface area contributed by atoms with Crippen molar-refractivity contribution in [3.05, 3.63) is 29.3 Å². The number of carbonyl (C=O) groups is 5. The molecule has 1 fully saturated rings. The number of likely N-dealkylation sites (tertiary alicyclic amines) is 1. The van der Waals surface area contributed by atoms with Crippen molar-refractivity contribution in [3.63, 3.8) is 0 Å². The highest BCUT2D eigenvalue weighted by Gasteiger charge is 2.51. The highest BCUT2D eigenvalue weighted by Crippen LogP contribution is 2.25. The molecule has 1 saturated heterocycles. The molecule has 0 spiro atoms. The molecule has 174 valence electrons. The number of hydrogen-bond acceptors (Lipinski definition) is 6. The summed E-state index contributed by atoms with van der Waals surface area (Å²) in [4.78, 5) is 61.7. The third-order valence-corrected chi connectivity index (χ3v) is 5.78. The molecular weight excluding hydrogens is 418 g/mol. The normalized spacial score (nSPS) is 16.8. The summed E-state index contributed by atoms with van der Waals surface area (Å²) in [5.74, 6) is -2.74. The van der Waals surface area contributed by atoms with Gasteiger partial charge >= 0.3 is 17.9 Å². The van der Waals surface area contributed by atoms with Crippen LogP contribution in [0.1, 0.15) is 49.0 Å². The van der Waals surface area contributed by atoms with Gasteiger partial charge in [-0.05, 0) is 25.0 Å². The fourth-order valence-corrected chi connectivity index (χ4v) is 3.87. The Kier molecular flexibility index (Phi) is 8.09.